The van der Waals surface area contributed by atoms with Gasteiger partial charge in [-0.2, -0.15) is 0 Å². The van der Waals surface area contributed by atoms with E-state index < -0.39 is 0 Å². The Labute approximate surface area is 185 Å². The number of carbonyl (C=O) groups is 4. The van der Waals surface area contributed by atoms with Crippen LogP contribution in [0.1, 0.15) is 53.4 Å². The van der Waals surface area contributed by atoms with Gasteiger partial charge in [0.15, 0.2) is 0 Å². The van der Waals surface area contributed by atoms with Crippen LogP contribution in [0.2, 0.25) is 0 Å². The fourth-order valence-electron chi connectivity index (χ4n) is 2.26. The summed E-state index contributed by atoms with van der Waals surface area (Å²) in [4.78, 5) is 46.2. The van der Waals surface area contributed by atoms with Crippen LogP contribution in [-0.2, 0) is 33.4 Å². The van der Waals surface area contributed by atoms with Gasteiger partial charge in [0.1, 0.15) is 11.6 Å². The van der Waals surface area contributed by atoms with Crippen molar-refractivity contribution >= 4 is 23.4 Å². The van der Waals surface area contributed by atoms with Crippen LogP contribution in [0.15, 0.2) is 0 Å². The van der Waals surface area contributed by atoms with Crippen molar-refractivity contribution in [3.8, 4) is 0 Å². The lowest BCUT2D eigenvalue weighted by Crippen LogP contribution is -2.29. The van der Waals surface area contributed by atoms with E-state index in [1.54, 1.807) is 0 Å². The van der Waals surface area contributed by atoms with Gasteiger partial charge < -0.3 is 24.8 Å². The summed E-state index contributed by atoms with van der Waals surface area (Å²) in [5.74, 6) is 0.0523. The van der Waals surface area contributed by atoms with Crippen molar-refractivity contribution in [3.63, 3.8) is 0 Å². The van der Waals surface area contributed by atoms with Crippen molar-refractivity contribution in [1.29, 1.82) is 0 Å². The number of ketones is 2. The van der Waals surface area contributed by atoms with E-state index in [1.807, 2.05) is 27.7 Å². The second-order valence-electron chi connectivity index (χ2n) is 7.78. The van der Waals surface area contributed by atoms with E-state index >= 15 is 0 Å². The molecule has 31 heavy (non-hydrogen) atoms. The number of hydrogen-bond donors (Lipinski definition) is 2. The molecule has 0 bridgehead atoms. The largest absolute Gasteiger partial charge is 0.380 e. The number of hydrogen-bond acceptors (Lipinski definition) is 7. The number of nitrogens with one attached hydrogen (secondary N) is 2. The van der Waals surface area contributed by atoms with Crippen molar-refractivity contribution in [1.82, 2.24) is 10.6 Å². The van der Waals surface area contributed by atoms with E-state index in [-0.39, 0.29) is 61.3 Å². The van der Waals surface area contributed by atoms with E-state index in [2.05, 4.69) is 10.6 Å². The van der Waals surface area contributed by atoms with Gasteiger partial charge >= 0.3 is 0 Å². The lowest BCUT2D eigenvalue weighted by molar-refractivity contribution is -0.125. The van der Waals surface area contributed by atoms with Crippen LogP contribution in [0, 0.1) is 11.8 Å². The number of amides is 2. The van der Waals surface area contributed by atoms with Crippen molar-refractivity contribution in [2.75, 3.05) is 52.7 Å². The molecule has 0 radical (unpaired) electrons. The molecule has 0 saturated carbocycles. The number of carbonyl (C=O) groups excluding carboxylic acids is 4. The summed E-state index contributed by atoms with van der Waals surface area (Å²) in [5, 5.41) is 5.42. The SMILES string of the molecule is CC(C)C(=O)CCOCCNC(=O)CCOCCC(=O)NCCOCCC(=O)C(C)C. The molecule has 0 aromatic carbocycles. The third-order valence-electron chi connectivity index (χ3n) is 4.36. The fourth-order valence-corrected chi connectivity index (χ4v) is 2.26. The zero-order valence-corrected chi connectivity index (χ0v) is 19.5. The van der Waals surface area contributed by atoms with Gasteiger partial charge in [0.25, 0.3) is 0 Å². The molecule has 0 saturated heterocycles. The highest BCUT2D eigenvalue weighted by atomic mass is 16.5. The maximum Gasteiger partial charge on any atom is 0.222 e. The first-order valence-corrected chi connectivity index (χ1v) is 11.1. The molecule has 0 aliphatic heterocycles. The molecule has 0 rings (SSSR count). The molecule has 0 spiro atoms. The molecule has 0 atom stereocenters. The molecule has 0 aliphatic rings. The predicted octanol–water partition coefficient (Wildman–Crippen LogP) is 1.28. The van der Waals surface area contributed by atoms with Gasteiger partial charge in [-0.1, -0.05) is 27.7 Å². The Morgan fingerprint density at radius 1 is 0.548 bits per heavy atom. The van der Waals surface area contributed by atoms with Crippen LogP contribution in [0.4, 0.5) is 0 Å². The molecule has 0 heterocycles. The minimum absolute atomic E-state index is 0.0147. The summed E-state index contributed by atoms with van der Waals surface area (Å²) in [6.07, 6.45) is 1.19. The highest BCUT2D eigenvalue weighted by Gasteiger charge is 2.08. The first-order chi connectivity index (χ1) is 14.7. The molecule has 0 fully saturated rings. The van der Waals surface area contributed by atoms with Gasteiger partial charge in [0, 0.05) is 50.6 Å². The van der Waals surface area contributed by atoms with Gasteiger partial charge in [-0.25, -0.2) is 0 Å². The van der Waals surface area contributed by atoms with Gasteiger partial charge in [0.05, 0.1) is 39.6 Å². The minimum atomic E-state index is -0.153. The molecule has 0 aromatic rings. The standard InChI is InChI=1S/C22H40N2O7/c1-17(2)19(25)5-11-30-15-9-23-21(27)7-13-29-14-8-22(28)24-10-16-31-12-6-20(26)18(3)4/h17-18H,5-16H2,1-4H3,(H,23,27)(H,24,28). The van der Waals surface area contributed by atoms with Gasteiger partial charge in [-0.05, 0) is 0 Å². The van der Waals surface area contributed by atoms with E-state index in [4.69, 9.17) is 14.2 Å². The molecule has 0 aromatic heterocycles. The van der Waals surface area contributed by atoms with Crippen LogP contribution < -0.4 is 10.6 Å². The molecule has 0 unspecified atom stereocenters. The van der Waals surface area contributed by atoms with Crippen LogP contribution >= 0.6 is 0 Å². The summed E-state index contributed by atoms with van der Waals surface area (Å²) < 4.78 is 15.9. The Balaban J connectivity index is 3.44. The predicted molar refractivity (Wildman–Crippen MR) is 117 cm³/mol. The average Bonchev–Trinajstić information content (AvgIpc) is 2.72. The van der Waals surface area contributed by atoms with Gasteiger partial charge in [0.2, 0.25) is 11.8 Å². The lowest BCUT2D eigenvalue weighted by Gasteiger charge is -2.08. The molecule has 0 aliphatic carbocycles. The first-order valence-electron chi connectivity index (χ1n) is 11.1. The Hall–Kier alpha value is -1.84. The molecular formula is C22H40N2O7. The van der Waals surface area contributed by atoms with Gasteiger partial charge in [-0.3, -0.25) is 19.2 Å². The smallest absolute Gasteiger partial charge is 0.222 e. The highest BCUT2D eigenvalue weighted by molar-refractivity contribution is 5.80. The quantitative estimate of drug-likeness (QED) is 0.271. The van der Waals surface area contributed by atoms with Crippen LogP contribution in [0.5, 0.6) is 0 Å². The molecule has 180 valence electrons. The van der Waals surface area contributed by atoms with Crippen molar-refractivity contribution in [3.05, 3.63) is 0 Å². The summed E-state index contributed by atoms with van der Waals surface area (Å²) in [5.41, 5.74) is 0. The Morgan fingerprint density at radius 3 is 1.23 bits per heavy atom. The summed E-state index contributed by atoms with van der Waals surface area (Å²) >= 11 is 0. The zero-order valence-electron chi connectivity index (χ0n) is 19.5. The zero-order chi connectivity index (χ0) is 23.5. The Morgan fingerprint density at radius 2 is 0.871 bits per heavy atom. The van der Waals surface area contributed by atoms with Gasteiger partial charge in [-0.15, -0.1) is 0 Å². The minimum Gasteiger partial charge on any atom is -0.380 e. The molecule has 2 amide bonds. The molecular weight excluding hydrogens is 404 g/mol. The molecule has 9 heteroatoms. The van der Waals surface area contributed by atoms with E-state index in [1.165, 1.54) is 0 Å². The van der Waals surface area contributed by atoms with Crippen molar-refractivity contribution < 1.29 is 33.4 Å². The monoisotopic (exact) mass is 444 g/mol. The normalized spacial score (nSPS) is 11.0. The topological polar surface area (TPSA) is 120 Å². The number of ether oxygens (including phenoxy) is 3. The van der Waals surface area contributed by atoms with Crippen LogP contribution in [-0.4, -0.2) is 76.1 Å². The Kier molecular flexibility index (Phi) is 17.8. The van der Waals surface area contributed by atoms with Crippen LogP contribution in [0.3, 0.4) is 0 Å². The van der Waals surface area contributed by atoms with E-state index in [9.17, 15) is 19.2 Å². The lowest BCUT2D eigenvalue weighted by atomic mass is 10.1. The number of rotatable bonds is 20. The molecule has 2 N–H and O–H groups in total. The average molecular weight is 445 g/mol. The summed E-state index contributed by atoms with van der Waals surface area (Å²) in [7, 11) is 0. The van der Waals surface area contributed by atoms with Crippen LogP contribution in [0.25, 0.3) is 0 Å². The summed E-state index contributed by atoms with van der Waals surface area (Å²) in [6, 6.07) is 0. The van der Waals surface area contributed by atoms with E-state index in [0.29, 0.717) is 52.4 Å². The molecule has 9 nitrogen and oxygen atoms in total. The second-order valence-corrected chi connectivity index (χ2v) is 7.78. The highest BCUT2D eigenvalue weighted by Crippen LogP contribution is 1.99. The second kappa shape index (κ2) is 18.9. The third-order valence-corrected chi connectivity index (χ3v) is 4.36. The third kappa shape index (κ3) is 18.6. The van der Waals surface area contributed by atoms with E-state index in [0.717, 1.165) is 0 Å². The number of Topliss-reactive ketones (excluding diaryl/α,β-unsaturated/α-hetero) is 2. The first kappa shape index (κ1) is 29.2. The summed E-state index contributed by atoms with van der Waals surface area (Å²) in [6.45, 7) is 10.1. The van der Waals surface area contributed by atoms with Crippen molar-refractivity contribution in [2.24, 2.45) is 11.8 Å². The Bertz CT molecular complexity index is 490. The fraction of sp³-hybridized carbons (Fsp3) is 0.818. The van der Waals surface area contributed by atoms with Crippen molar-refractivity contribution in [2.45, 2.75) is 53.4 Å². The maximum absolute atomic E-state index is 11.7. The maximum atomic E-state index is 11.7.